The number of tetrazole rings is 2. The van der Waals surface area contributed by atoms with E-state index in [1.165, 1.54) is 22.0 Å². The van der Waals surface area contributed by atoms with Crippen molar-refractivity contribution in [3.05, 3.63) is 108 Å². The lowest BCUT2D eigenvalue weighted by Gasteiger charge is -2.09. The fraction of sp³-hybridized carbons (Fsp3) is 0.0833. The van der Waals surface area contributed by atoms with Gasteiger partial charge in [0.05, 0.1) is 22.5 Å². The Hall–Kier alpha value is -5.26. The average Bonchev–Trinajstić information content (AvgIpc) is 3.66. The molecule has 0 saturated heterocycles. The van der Waals surface area contributed by atoms with Gasteiger partial charge in [-0.3, -0.25) is 0 Å². The fourth-order valence-corrected chi connectivity index (χ4v) is 3.33. The van der Waals surface area contributed by atoms with Crippen LogP contribution in [0.5, 0.6) is 0 Å². The van der Waals surface area contributed by atoms with Gasteiger partial charge < -0.3 is 9.47 Å². The first-order chi connectivity index (χ1) is 17.7. The third kappa shape index (κ3) is 5.28. The van der Waals surface area contributed by atoms with E-state index in [-0.39, 0.29) is 13.2 Å². The predicted octanol–water partition coefficient (Wildman–Crippen LogP) is 2.35. The lowest BCUT2D eigenvalue weighted by Crippen LogP contribution is -2.07. The van der Waals surface area contributed by atoms with Crippen molar-refractivity contribution in [2.24, 2.45) is 0 Å². The van der Waals surface area contributed by atoms with Gasteiger partial charge in [-0.25, -0.2) is 19.0 Å². The Morgan fingerprint density at radius 3 is 1.47 bits per heavy atom. The Labute approximate surface area is 204 Å². The molecule has 0 spiro atoms. The highest BCUT2D eigenvalue weighted by molar-refractivity contribution is 5.90. The molecule has 5 rings (SSSR count). The molecular weight excluding hydrogens is 464 g/mol. The van der Waals surface area contributed by atoms with E-state index >= 15 is 0 Å². The monoisotopic (exact) mass is 482 g/mol. The Morgan fingerprint density at radius 2 is 1.08 bits per heavy atom. The molecule has 0 bridgehead atoms. The summed E-state index contributed by atoms with van der Waals surface area (Å²) in [6.07, 6.45) is 2.93. The van der Waals surface area contributed by atoms with E-state index in [1.807, 2.05) is 24.3 Å². The van der Waals surface area contributed by atoms with Crippen LogP contribution in [0.3, 0.4) is 0 Å². The second-order valence-electron chi connectivity index (χ2n) is 7.57. The highest BCUT2D eigenvalue weighted by atomic mass is 16.5. The van der Waals surface area contributed by atoms with Gasteiger partial charge in [-0.2, -0.15) is 0 Å². The molecule has 12 heteroatoms. The van der Waals surface area contributed by atoms with Crippen molar-refractivity contribution in [1.82, 2.24) is 40.4 Å². The quantitative estimate of drug-likeness (QED) is 0.303. The number of ether oxygens (including phenoxy) is 2. The molecule has 0 unspecified atom stereocenters. The van der Waals surface area contributed by atoms with Gasteiger partial charge in [0.25, 0.3) is 0 Å². The molecule has 36 heavy (non-hydrogen) atoms. The van der Waals surface area contributed by atoms with Gasteiger partial charge >= 0.3 is 11.9 Å². The van der Waals surface area contributed by atoms with Crippen LogP contribution in [0, 0.1) is 0 Å². The number of rotatable bonds is 8. The number of hydrogen-bond acceptors (Lipinski definition) is 10. The minimum atomic E-state index is -0.458. The van der Waals surface area contributed by atoms with Gasteiger partial charge in [-0.15, -0.1) is 10.2 Å². The number of esters is 2. The molecule has 12 nitrogen and oxygen atoms in total. The average molecular weight is 482 g/mol. The van der Waals surface area contributed by atoms with Crippen molar-refractivity contribution in [2.45, 2.75) is 13.2 Å². The van der Waals surface area contributed by atoms with E-state index in [9.17, 15) is 9.59 Å². The molecule has 0 fully saturated rings. The molecule has 0 N–H and O–H groups in total. The molecular formula is C24H18N8O4. The SMILES string of the molecule is O=C(OCc1cccc(COC(=O)c2ccc(-n3cnnn3)cc2)c1)c1ccc(-n2cnnn2)cc1. The molecule has 3 aromatic carbocycles. The molecule has 0 aliphatic carbocycles. The highest BCUT2D eigenvalue weighted by Gasteiger charge is 2.11. The normalized spacial score (nSPS) is 10.7. The second-order valence-corrected chi connectivity index (χ2v) is 7.57. The molecule has 0 aliphatic rings. The largest absolute Gasteiger partial charge is 0.457 e. The first-order valence-electron chi connectivity index (χ1n) is 10.7. The summed E-state index contributed by atoms with van der Waals surface area (Å²) in [6.45, 7) is 0.155. The Bertz CT molecular complexity index is 1340. The third-order valence-corrected chi connectivity index (χ3v) is 5.16. The van der Waals surface area contributed by atoms with Gasteiger partial charge in [0.2, 0.25) is 0 Å². The van der Waals surface area contributed by atoms with Gasteiger partial charge in [0.15, 0.2) is 0 Å². The second kappa shape index (κ2) is 10.3. The number of aromatic nitrogens is 8. The highest BCUT2D eigenvalue weighted by Crippen LogP contribution is 2.14. The fourth-order valence-electron chi connectivity index (χ4n) is 3.33. The zero-order valence-electron chi connectivity index (χ0n) is 18.7. The summed E-state index contributed by atoms with van der Waals surface area (Å²) in [5, 5.41) is 21.9. The maximum absolute atomic E-state index is 12.4. The number of carbonyl (C=O) groups is 2. The Kier molecular flexibility index (Phi) is 6.47. The molecule has 0 saturated carbocycles. The van der Waals surface area contributed by atoms with Crippen LogP contribution in [0.2, 0.25) is 0 Å². The van der Waals surface area contributed by atoms with E-state index in [2.05, 4.69) is 31.1 Å². The number of hydrogen-bond donors (Lipinski definition) is 0. The van der Waals surface area contributed by atoms with Crippen LogP contribution in [0.25, 0.3) is 11.4 Å². The summed E-state index contributed by atoms with van der Waals surface area (Å²) in [7, 11) is 0. The zero-order chi connectivity index (χ0) is 24.7. The lowest BCUT2D eigenvalue weighted by atomic mass is 10.1. The van der Waals surface area contributed by atoms with Crippen LogP contribution in [0.4, 0.5) is 0 Å². The Balaban J connectivity index is 1.13. The molecule has 2 heterocycles. The topological polar surface area (TPSA) is 140 Å². The smallest absolute Gasteiger partial charge is 0.338 e. The van der Waals surface area contributed by atoms with E-state index in [4.69, 9.17) is 9.47 Å². The predicted molar refractivity (Wildman–Crippen MR) is 123 cm³/mol. The van der Waals surface area contributed by atoms with Crippen molar-refractivity contribution in [2.75, 3.05) is 0 Å². The summed E-state index contributed by atoms with van der Waals surface area (Å²) < 4.78 is 13.8. The number of carbonyl (C=O) groups excluding carboxylic acids is 2. The van der Waals surface area contributed by atoms with Crippen LogP contribution >= 0.6 is 0 Å². The molecule has 0 aliphatic heterocycles. The molecule has 2 aromatic heterocycles. The summed E-state index contributed by atoms with van der Waals surface area (Å²) in [5.74, 6) is -0.916. The van der Waals surface area contributed by atoms with E-state index in [0.29, 0.717) is 11.1 Å². The van der Waals surface area contributed by atoms with Gasteiger partial charge in [-0.1, -0.05) is 18.2 Å². The van der Waals surface area contributed by atoms with Crippen molar-refractivity contribution in [3.8, 4) is 11.4 Å². The minimum Gasteiger partial charge on any atom is -0.457 e. The maximum atomic E-state index is 12.4. The zero-order valence-corrected chi connectivity index (χ0v) is 18.7. The van der Waals surface area contributed by atoms with Crippen LogP contribution in [0.1, 0.15) is 31.8 Å². The standard InChI is InChI=1S/C24H18N8O4/c33-23(19-4-8-21(9-5-19)31-15-25-27-29-31)35-13-17-2-1-3-18(12-17)14-36-24(34)20-6-10-22(11-7-20)32-16-26-28-30-32/h1-12,15-16H,13-14H2. The van der Waals surface area contributed by atoms with Crippen molar-refractivity contribution in [3.63, 3.8) is 0 Å². The molecule has 178 valence electrons. The van der Waals surface area contributed by atoms with Crippen molar-refractivity contribution < 1.29 is 19.1 Å². The third-order valence-electron chi connectivity index (χ3n) is 5.16. The van der Waals surface area contributed by atoms with Gasteiger partial charge in [-0.05, 0) is 86.6 Å². The molecule has 0 amide bonds. The van der Waals surface area contributed by atoms with Crippen LogP contribution in [-0.2, 0) is 22.7 Å². The van der Waals surface area contributed by atoms with Crippen LogP contribution < -0.4 is 0 Å². The van der Waals surface area contributed by atoms with E-state index in [0.717, 1.165) is 22.5 Å². The summed E-state index contributed by atoms with van der Waals surface area (Å²) in [5.41, 5.74) is 3.80. The minimum absolute atomic E-state index is 0.0774. The maximum Gasteiger partial charge on any atom is 0.338 e. The first-order valence-corrected chi connectivity index (χ1v) is 10.7. The number of benzene rings is 3. The van der Waals surface area contributed by atoms with Crippen LogP contribution in [-0.4, -0.2) is 52.4 Å². The van der Waals surface area contributed by atoms with E-state index < -0.39 is 11.9 Å². The molecule has 0 atom stereocenters. The Morgan fingerprint density at radius 1 is 0.639 bits per heavy atom. The summed E-state index contributed by atoms with van der Waals surface area (Å²) >= 11 is 0. The van der Waals surface area contributed by atoms with E-state index in [1.54, 1.807) is 48.5 Å². The molecule has 5 aromatic rings. The first kappa shape index (κ1) is 22.5. The van der Waals surface area contributed by atoms with Crippen LogP contribution in [0.15, 0.2) is 85.5 Å². The summed E-state index contributed by atoms with van der Waals surface area (Å²) in [4.78, 5) is 24.8. The molecule has 0 radical (unpaired) electrons. The van der Waals surface area contributed by atoms with Crippen molar-refractivity contribution in [1.29, 1.82) is 0 Å². The summed E-state index contributed by atoms with van der Waals surface area (Å²) in [6, 6.07) is 20.8. The van der Waals surface area contributed by atoms with Crippen molar-refractivity contribution >= 4 is 11.9 Å². The van der Waals surface area contributed by atoms with Gasteiger partial charge in [0, 0.05) is 0 Å². The number of nitrogens with zero attached hydrogens (tertiary/aromatic N) is 8. The van der Waals surface area contributed by atoms with Gasteiger partial charge in [0.1, 0.15) is 25.9 Å². The lowest BCUT2D eigenvalue weighted by molar-refractivity contribution is 0.0471.